The van der Waals surface area contributed by atoms with Crippen LogP contribution in [0.3, 0.4) is 0 Å². The molecular formula is C9H17ClF2N2. The fourth-order valence-corrected chi connectivity index (χ4v) is 2.33. The lowest BCUT2D eigenvalue weighted by Gasteiger charge is -2.37. The van der Waals surface area contributed by atoms with Crippen molar-refractivity contribution in [2.45, 2.75) is 31.2 Å². The molecule has 2 heterocycles. The molecule has 0 amide bonds. The fraction of sp³-hybridized carbons (Fsp3) is 1.00. The van der Waals surface area contributed by atoms with Gasteiger partial charge in [-0.3, -0.25) is 4.90 Å². The molecule has 0 spiro atoms. The van der Waals surface area contributed by atoms with Crippen LogP contribution in [0.15, 0.2) is 0 Å². The molecule has 1 atom stereocenters. The van der Waals surface area contributed by atoms with E-state index in [2.05, 4.69) is 5.32 Å². The van der Waals surface area contributed by atoms with Crippen LogP contribution in [0.2, 0.25) is 0 Å². The van der Waals surface area contributed by atoms with Gasteiger partial charge in [-0.05, 0) is 38.9 Å². The Morgan fingerprint density at radius 2 is 1.86 bits per heavy atom. The number of piperidine rings is 1. The molecule has 84 valence electrons. The van der Waals surface area contributed by atoms with Crippen LogP contribution in [0.1, 0.15) is 19.3 Å². The third kappa shape index (κ3) is 2.35. The summed E-state index contributed by atoms with van der Waals surface area (Å²) in [6, 6.07) is -0.503. The molecule has 2 aliphatic rings. The van der Waals surface area contributed by atoms with Crippen molar-refractivity contribution in [2.75, 3.05) is 26.2 Å². The molecule has 0 aromatic heterocycles. The topological polar surface area (TPSA) is 15.3 Å². The maximum Gasteiger partial charge on any atom is 0.275 e. The van der Waals surface area contributed by atoms with E-state index in [0.717, 1.165) is 32.5 Å². The number of likely N-dealkylation sites (tertiary alicyclic amines) is 1. The normalized spacial score (nSPS) is 32.6. The van der Waals surface area contributed by atoms with Gasteiger partial charge in [-0.25, -0.2) is 8.78 Å². The highest BCUT2D eigenvalue weighted by Gasteiger charge is 2.45. The van der Waals surface area contributed by atoms with Crippen molar-refractivity contribution in [2.24, 2.45) is 0 Å². The molecule has 0 aliphatic carbocycles. The summed E-state index contributed by atoms with van der Waals surface area (Å²) < 4.78 is 26.8. The second-order valence-electron chi connectivity index (χ2n) is 3.99. The van der Waals surface area contributed by atoms with E-state index in [-0.39, 0.29) is 19.0 Å². The van der Waals surface area contributed by atoms with E-state index in [0.29, 0.717) is 6.42 Å². The summed E-state index contributed by atoms with van der Waals surface area (Å²) >= 11 is 0. The van der Waals surface area contributed by atoms with Crippen LogP contribution >= 0.6 is 12.4 Å². The number of alkyl halides is 2. The maximum absolute atomic E-state index is 13.4. The monoisotopic (exact) mass is 226 g/mol. The maximum atomic E-state index is 13.4. The van der Waals surface area contributed by atoms with Crippen molar-refractivity contribution in [1.29, 1.82) is 0 Å². The van der Waals surface area contributed by atoms with Crippen molar-refractivity contribution >= 4 is 12.4 Å². The van der Waals surface area contributed by atoms with Crippen LogP contribution in [0, 0.1) is 0 Å². The minimum absolute atomic E-state index is 0. The molecular weight excluding hydrogens is 210 g/mol. The third-order valence-corrected chi connectivity index (χ3v) is 3.02. The van der Waals surface area contributed by atoms with Gasteiger partial charge in [-0.1, -0.05) is 0 Å². The standard InChI is InChI=1S/C9H16F2N2.ClH/c10-9(11)7-12-4-3-8(9)13-5-1-2-6-13;/h8,12H,1-7H2;1H. The quantitative estimate of drug-likeness (QED) is 0.729. The Hall–Kier alpha value is 0.0700. The van der Waals surface area contributed by atoms with E-state index in [1.807, 2.05) is 4.90 Å². The molecule has 1 N–H and O–H groups in total. The van der Waals surface area contributed by atoms with Gasteiger partial charge in [0.25, 0.3) is 5.92 Å². The van der Waals surface area contributed by atoms with Crippen LogP contribution in [0.5, 0.6) is 0 Å². The first-order valence-electron chi connectivity index (χ1n) is 5.03. The van der Waals surface area contributed by atoms with Crippen molar-refractivity contribution in [1.82, 2.24) is 10.2 Å². The Kier molecular flexibility index (Phi) is 4.10. The van der Waals surface area contributed by atoms with Gasteiger partial charge >= 0.3 is 0 Å². The zero-order valence-corrected chi connectivity index (χ0v) is 8.95. The number of nitrogens with one attached hydrogen (secondary N) is 1. The Morgan fingerprint density at radius 1 is 1.21 bits per heavy atom. The van der Waals surface area contributed by atoms with Crippen molar-refractivity contribution in [3.63, 3.8) is 0 Å². The highest BCUT2D eigenvalue weighted by atomic mass is 35.5. The summed E-state index contributed by atoms with van der Waals surface area (Å²) in [6.45, 7) is 2.31. The molecule has 2 nitrogen and oxygen atoms in total. The number of hydrogen-bond donors (Lipinski definition) is 1. The second-order valence-corrected chi connectivity index (χ2v) is 3.99. The molecule has 2 fully saturated rings. The lowest BCUT2D eigenvalue weighted by Crippen LogP contribution is -2.56. The molecule has 0 bridgehead atoms. The lowest BCUT2D eigenvalue weighted by atomic mass is 10.0. The summed E-state index contributed by atoms with van der Waals surface area (Å²) in [7, 11) is 0. The summed E-state index contributed by atoms with van der Waals surface area (Å²) in [6.07, 6.45) is 2.76. The van der Waals surface area contributed by atoms with E-state index in [1.54, 1.807) is 0 Å². The smallest absolute Gasteiger partial charge is 0.275 e. The Bertz CT molecular complexity index is 184. The first-order chi connectivity index (χ1) is 6.20. The average molecular weight is 227 g/mol. The van der Waals surface area contributed by atoms with Gasteiger partial charge in [-0.15, -0.1) is 12.4 Å². The zero-order valence-electron chi connectivity index (χ0n) is 8.14. The molecule has 2 aliphatic heterocycles. The molecule has 2 rings (SSSR count). The lowest BCUT2D eigenvalue weighted by molar-refractivity contribution is -0.0897. The molecule has 1 unspecified atom stereocenters. The predicted octanol–water partition coefficient (Wildman–Crippen LogP) is 1.50. The Labute approximate surface area is 89.4 Å². The second kappa shape index (κ2) is 4.73. The van der Waals surface area contributed by atoms with Gasteiger partial charge < -0.3 is 5.32 Å². The Balaban J connectivity index is 0.000000980. The van der Waals surface area contributed by atoms with Gasteiger partial charge in [0.2, 0.25) is 0 Å². The summed E-state index contributed by atoms with van der Waals surface area (Å²) in [4.78, 5) is 1.96. The van der Waals surface area contributed by atoms with Gasteiger partial charge in [0.1, 0.15) is 0 Å². The van der Waals surface area contributed by atoms with E-state index < -0.39 is 12.0 Å². The van der Waals surface area contributed by atoms with Crippen LogP contribution in [-0.2, 0) is 0 Å². The zero-order chi connectivity index (χ0) is 9.31. The van der Waals surface area contributed by atoms with E-state index in [1.165, 1.54) is 0 Å². The third-order valence-electron chi connectivity index (χ3n) is 3.02. The van der Waals surface area contributed by atoms with E-state index >= 15 is 0 Å². The van der Waals surface area contributed by atoms with E-state index in [4.69, 9.17) is 0 Å². The van der Waals surface area contributed by atoms with E-state index in [9.17, 15) is 8.78 Å². The summed E-state index contributed by atoms with van der Waals surface area (Å²) in [5.41, 5.74) is 0. The van der Waals surface area contributed by atoms with Crippen LogP contribution < -0.4 is 5.32 Å². The first-order valence-corrected chi connectivity index (χ1v) is 5.03. The van der Waals surface area contributed by atoms with Gasteiger partial charge in [0.05, 0.1) is 12.6 Å². The molecule has 14 heavy (non-hydrogen) atoms. The van der Waals surface area contributed by atoms with Crippen molar-refractivity contribution < 1.29 is 8.78 Å². The number of rotatable bonds is 1. The summed E-state index contributed by atoms with van der Waals surface area (Å²) in [5, 5.41) is 2.75. The highest BCUT2D eigenvalue weighted by Crippen LogP contribution is 2.29. The average Bonchev–Trinajstić information content (AvgIpc) is 2.55. The first kappa shape index (κ1) is 12.1. The molecule has 5 heteroatoms. The van der Waals surface area contributed by atoms with Gasteiger partial charge in [0.15, 0.2) is 0 Å². The highest BCUT2D eigenvalue weighted by molar-refractivity contribution is 5.85. The summed E-state index contributed by atoms with van der Waals surface area (Å²) in [5.74, 6) is -2.53. The van der Waals surface area contributed by atoms with Gasteiger partial charge in [-0.2, -0.15) is 0 Å². The number of nitrogens with zero attached hydrogens (tertiary/aromatic N) is 1. The molecule has 0 aromatic carbocycles. The SMILES string of the molecule is Cl.FC1(F)CNCCC1N1CCCC1. The van der Waals surface area contributed by atoms with Gasteiger partial charge in [0, 0.05) is 0 Å². The number of hydrogen-bond acceptors (Lipinski definition) is 2. The molecule has 0 aromatic rings. The molecule has 0 radical (unpaired) electrons. The molecule has 2 saturated heterocycles. The van der Waals surface area contributed by atoms with Crippen molar-refractivity contribution in [3.8, 4) is 0 Å². The minimum Gasteiger partial charge on any atom is -0.311 e. The van der Waals surface area contributed by atoms with Crippen LogP contribution in [0.4, 0.5) is 8.78 Å². The fourth-order valence-electron chi connectivity index (χ4n) is 2.33. The molecule has 0 saturated carbocycles. The predicted molar refractivity (Wildman–Crippen MR) is 54.3 cm³/mol. The largest absolute Gasteiger partial charge is 0.311 e. The Morgan fingerprint density at radius 3 is 2.43 bits per heavy atom. The van der Waals surface area contributed by atoms with Crippen molar-refractivity contribution in [3.05, 3.63) is 0 Å². The number of halogens is 3. The minimum atomic E-state index is -2.53. The van der Waals surface area contributed by atoms with Crippen LogP contribution in [-0.4, -0.2) is 43.0 Å². The van der Waals surface area contributed by atoms with Crippen LogP contribution in [0.25, 0.3) is 0 Å².